The fraction of sp³-hybridized carbons (Fsp3) is 0.462. The van der Waals surface area contributed by atoms with Gasteiger partial charge in [-0.05, 0) is 51.0 Å². The van der Waals surface area contributed by atoms with Gasteiger partial charge < -0.3 is 15.2 Å². The fourth-order valence-corrected chi connectivity index (χ4v) is 1.53. The largest absolute Gasteiger partial charge is 0.496 e. The van der Waals surface area contributed by atoms with Crippen LogP contribution in [0.1, 0.15) is 25.0 Å². The average molecular weight is 237 g/mol. The minimum absolute atomic E-state index is 0.807. The lowest BCUT2D eigenvalue weighted by molar-refractivity contribution is -0.141. The molecule has 0 atom stereocenters. The molecule has 0 saturated carbocycles. The number of anilines is 1. The molecule has 0 amide bonds. The average Bonchev–Trinajstić information content (AvgIpc) is 2.22. The van der Waals surface area contributed by atoms with Crippen LogP contribution in [0.4, 0.5) is 5.69 Å². The van der Waals surface area contributed by atoms with Crippen LogP contribution in [-0.2, 0) is 4.79 Å². The Bertz CT molecular complexity index is 439. The van der Waals surface area contributed by atoms with Gasteiger partial charge in [0, 0.05) is 5.69 Å². The van der Waals surface area contributed by atoms with Crippen LogP contribution in [0.25, 0.3) is 0 Å². The molecule has 0 bridgehead atoms. The van der Waals surface area contributed by atoms with Crippen molar-refractivity contribution in [3.63, 3.8) is 0 Å². The Hall–Kier alpha value is -1.71. The Morgan fingerprint density at radius 1 is 1.29 bits per heavy atom. The molecule has 1 aromatic rings. The predicted molar refractivity (Wildman–Crippen MR) is 67.8 cm³/mol. The van der Waals surface area contributed by atoms with Crippen molar-refractivity contribution < 1.29 is 14.6 Å². The Labute approximate surface area is 102 Å². The van der Waals surface area contributed by atoms with Crippen molar-refractivity contribution >= 4 is 11.7 Å². The Kier molecular flexibility index (Phi) is 3.66. The van der Waals surface area contributed by atoms with Gasteiger partial charge >= 0.3 is 5.97 Å². The van der Waals surface area contributed by atoms with Crippen molar-refractivity contribution in [3.05, 3.63) is 23.3 Å². The van der Waals surface area contributed by atoms with Crippen LogP contribution in [-0.4, -0.2) is 23.7 Å². The first-order chi connectivity index (χ1) is 7.77. The zero-order chi connectivity index (χ0) is 13.2. The number of rotatable bonds is 4. The summed E-state index contributed by atoms with van der Waals surface area (Å²) in [5.74, 6) is -0.0773. The lowest BCUT2D eigenvalue weighted by atomic mass is 10.0. The summed E-state index contributed by atoms with van der Waals surface area (Å²) in [5, 5.41) is 12.1. The third-order valence-corrected chi connectivity index (χ3v) is 2.72. The fourth-order valence-electron chi connectivity index (χ4n) is 1.53. The van der Waals surface area contributed by atoms with Crippen molar-refractivity contribution in [1.82, 2.24) is 0 Å². The van der Waals surface area contributed by atoms with Crippen molar-refractivity contribution in [2.45, 2.75) is 33.2 Å². The van der Waals surface area contributed by atoms with Crippen LogP contribution < -0.4 is 10.1 Å². The molecule has 0 fully saturated rings. The summed E-state index contributed by atoms with van der Waals surface area (Å²) in [5.41, 5.74) is 1.76. The Balaban J connectivity index is 3.08. The van der Waals surface area contributed by atoms with Gasteiger partial charge in [-0.15, -0.1) is 0 Å². The minimum atomic E-state index is -0.994. The lowest BCUT2D eigenvalue weighted by Crippen LogP contribution is -2.40. The first kappa shape index (κ1) is 13.4. The quantitative estimate of drug-likeness (QED) is 0.845. The highest BCUT2D eigenvalue weighted by Gasteiger charge is 2.27. The number of ether oxygens (including phenoxy) is 1. The standard InChI is InChI=1S/C13H19NO3/c1-8-7-11(17-5)9(2)6-10(8)14-13(3,4)12(15)16/h6-7,14H,1-5H3,(H,15,16). The number of methoxy groups -OCH3 is 1. The highest BCUT2D eigenvalue weighted by Crippen LogP contribution is 2.27. The third-order valence-electron chi connectivity index (χ3n) is 2.72. The van der Waals surface area contributed by atoms with E-state index in [-0.39, 0.29) is 0 Å². The molecule has 0 aliphatic rings. The van der Waals surface area contributed by atoms with Gasteiger partial charge in [0.2, 0.25) is 0 Å². The second-order valence-corrected chi connectivity index (χ2v) is 4.69. The van der Waals surface area contributed by atoms with Crippen molar-refractivity contribution in [2.75, 3.05) is 12.4 Å². The molecule has 1 rings (SSSR count). The van der Waals surface area contributed by atoms with Gasteiger partial charge in [0.25, 0.3) is 0 Å². The molecule has 94 valence electrons. The number of benzene rings is 1. The van der Waals surface area contributed by atoms with E-state index in [1.54, 1.807) is 21.0 Å². The highest BCUT2D eigenvalue weighted by atomic mass is 16.5. The Morgan fingerprint density at radius 2 is 1.88 bits per heavy atom. The number of aliphatic carboxylic acids is 1. The summed E-state index contributed by atoms with van der Waals surface area (Å²) < 4.78 is 5.21. The van der Waals surface area contributed by atoms with E-state index in [1.807, 2.05) is 26.0 Å². The second kappa shape index (κ2) is 4.65. The summed E-state index contributed by atoms with van der Waals surface area (Å²) in [6.07, 6.45) is 0. The molecule has 0 aromatic heterocycles. The number of hydrogen-bond donors (Lipinski definition) is 2. The van der Waals surface area contributed by atoms with Gasteiger partial charge in [-0.1, -0.05) is 0 Å². The van der Waals surface area contributed by atoms with Crippen LogP contribution in [0.5, 0.6) is 5.75 Å². The summed E-state index contributed by atoms with van der Waals surface area (Å²) in [7, 11) is 1.62. The maximum atomic E-state index is 11.1. The number of carbonyl (C=O) groups is 1. The number of hydrogen-bond acceptors (Lipinski definition) is 3. The van der Waals surface area contributed by atoms with E-state index in [0.717, 1.165) is 22.6 Å². The van der Waals surface area contributed by atoms with E-state index < -0.39 is 11.5 Å². The van der Waals surface area contributed by atoms with Gasteiger partial charge in [-0.2, -0.15) is 0 Å². The molecule has 0 aliphatic carbocycles. The third kappa shape index (κ3) is 2.90. The summed E-state index contributed by atoms with van der Waals surface area (Å²) in [4.78, 5) is 11.1. The molecule has 4 heteroatoms. The molecule has 0 heterocycles. The first-order valence-electron chi connectivity index (χ1n) is 5.44. The van der Waals surface area contributed by atoms with E-state index in [0.29, 0.717) is 0 Å². The topological polar surface area (TPSA) is 58.6 Å². The maximum absolute atomic E-state index is 11.1. The minimum Gasteiger partial charge on any atom is -0.496 e. The molecular weight excluding hydrogens is 218 g/mol. The van der Waals surface area contributed by atoms with Crippen LogP contribution in [0.15, 0.2) is 12.1 Å². The zero-order valence-electron chi connectivity index (χ0n) is 10.9. The van der Waals surface area contributed by atoms with Gasteiger partial charge in [-0.25, -0.2) is 4.79 Å². The smallest absolute Gasteiger partial charge is 0.328 e. The van der Waals surface area contributed by atoms with E-state index in [9.17, 15) is 4.79 Å². The van der Waals surface area contributed by atoms with Crippen molar-refractivity contribution in [3.8, 4) is 5.75 Å². The van der Waals surface area contributed by atoms with Crippen molar-refractivity contribution in [2.24, 2.45) is 0 Å². The van der Waals surface area contributed by atoms with Gasteiger partial charge in [-0.3, -0.25) is 0 Å². The summed E-state index contributed by atoms with van der Waals surface area (Å²) >= 11 is 0. The molecule has 2 N–H and O–H groups in total. The molecule has 0 unspecified atom stereocenters. The van der Waals surface area contributed by atoms with Crippen LogP contribution in [0, 0.1) is 13.8 Å². The van der Waals surface area contributed by atoms with E-state index in [4.69, 9.17) is 9.84 Å². The summed E-state index contributed by atoms with van der Waals surface area (Å²) in [6.45, 7) is 7.11. The maximum Gasteiger partial charge on any atom is 0.328 e. The molecule has 0 spiro atoms. The van der Waals surface area contributed by atoms with E-state index in [1.165, 1.54) is 0 Å². The van der Waals surface area contributed by atoms with Crippen LogP contribution in [0.2, 0.25) is 0 Å². The zero-order valence-corrected chi connectivity index (χ0v) is 10.9. The summed E-state index contributed by atoms with van der Waals surface area (Å²) in [6, 6.07) is 3.80. The first-order valence-corrected chi connectivity index (χ1v) is 5.44. The Morgan fingerprint density at radius 3 is 2.35 bits per heavy atom. The number of nitrogens with one attached hydrogen (secondary N) is 1. The predicted octanol–water partition coefficient (Wildman–Crippen LogP) is 2.59. The molecule has 1 aromatic carbocycles. The van der Waals surface area contributed by atoms with Crippen molar-refractivity contribution in [1.29, 1.82) is 0 Å². The SMILES string of the molecule is COc1cc(C)c(NC(C)(C)C(=O)O)cc1C. The van der Waals surface area contributed by atoms with E-state index >= 15 is 0 Å². The van der Waals surface area contributed by atoms with Gasteiger partial charge in [0.1, 0.15) is 11.3 Å². The van der Waals surface area contributed by atoms with Gasteiger partial charge in [0.05, 0.1) is 7.11 Å². The molecule has 4 nitrogen and oxygen atoms in total. The molecule has 0 radical (unpaired) electrons. The normalized spacial score (nSPS) is 11.1. The lowest BCUT2D eigenvalue weighted by Gasteiger charge is -2.24. The monoisotopic (exact) mass is 237 g/mol. The number of carboxylic acid groups (broad SMARTS) is 1. The molecule has 0 saturated heterocycles. The second-order valence-electron chi connectivity index (χ2n) is 4.69. The molecular formula is C13H19NO3. The van der Waals surface area contributed by atoms with Crippen LogP contribution in [0.3, 0.4) is 0 Å². The van der Waals surface area contributed by atoms with E-state index in [2.05, 4.69) is 5.32 Å². The van der Waals surface area contributed by atoms with Crippen LogP contribution >= 0.6 is 0 Å². The molecule has 17 heavy (non-hydrogen) atoms. The number of carboxylic acids is 1. The van der Waals surface area contributed by atoms with Gasteiger partial charge in [0.15, 0.2) is 0 Å². The highest BCUT2D eigenvalue weighted by molar-refractivity contribution is 5.82. The number of aryl methyl sites for hydroxylation is 2. The molecule has 0 aliphatic heterocycles.